The van der Waals surface area contributed by atoms with Gasteiger partial charge < -0.3 is 4.74 Å². The number of aryl methyl sites for hydroxylation is 1. The van der Waals surface area contributed by atoms with Crippen LogP contribution in [0.5, 0.6) is 5.75 Å². The third-order valence-electron chi connectivity index (χ3n) is 3.91. The molecule has 2 N–H and O–H groups in total. The van der Waals surface area contributed by atoms with Crippen LogP contribution in [0.15, 0.2) is 64.5 Å². The summed E-state index contributed by atoms with van der Waals surface area (Å²) < 4.78 is 6.59. The number of rotatable bonds is 7. The maximum atomic E-state index is 12.5. The van der Waals surface area contributed by atoms with E-state index in [-0.39, 0.29) is 17.0 Å². The minimum absolute atomic E-state index is 0.140. The number of aromatic amines is 1. The van der Waals surface area contributed by atoms with Gasteiger partial charge in [-0.3, -0.25) is 24.8 Å². The van der Waals surface area contributed by atoms with Crippen molar-refractivity contribution in [2.24, 2.45) is 5.10 Å². The number of nitro benzene ring substituents is 1. The molecule has 10 heteroatoms. The maximum absolute atomic E-state index is 12.5. The molecule has 29 heavy (non-hydrogen) atoms. The van der Waals surface area contributed by atoms with E-state index < -0.39 is 17.4 Å². The van der Waals surface area contributed by atoms with Crippen LogP contribution in [0.25, 0.3) is 5.69 Å². The smallest absolute Gasteiger partial charge is 0.280 e. The fraction of sp³-hybridized carbons (Fsp3) is 0.105. The molecule has 10 nitrogen and oxygen atoms in total. The van der Waals surface area contributed by atoms with Crippen molar-refractivity contribution in [1.29, 1.82) is 0 Å². The van der Waals surface area contributed by atoms with Gasteiger partial charge >= 0.3 is 0 Å². The molecular formula is C19H17N5O5. The molecule has 3 rings (SSSR count). The fourth-order valence-electron chi connectivity index (χ4n) is 2.51. The topological polar surface area (TPSA) is 132 Å². The summed E-state index contributed by atoms with van der Waals surface area (Å²) in [4.78, 5) is 34.5. The number of amides is 1. The van der Waals surface area contributed by atoms with E-state index in [9.17, 15) is 19.7 Å². The van der Waals surface area contributed by atoms with Crippen LogP contribution in [0.2, 0.25) is 0 Å². The lowest BCUT2D eigenvalue weighted by molar-refractivity contribution is -0.384. The minimum atomic E-state index is -0.579. The predicted molar refractivity (Wildman–Crippen MR) is 105 cm³/mol. The number of hydrazone groups is 1. The van der Waals surface area contributed by atoms with Crippen LogP contribution in [0.4, 0.5) is 5.69 Å². The highest BCUT2D eigenvalue weighted by Crippen LogP contribution is 2.18. The van der Waals surface area contributed by atoms with Gasteiger partial charge in [0.15, 0.2) is 6.61 Å². The Morgan fingerprint density at radius 1 is 1.28 bits per heavy atom. The molecule has 0 aliphatic heterocycles. The monoisotopic (exact) mass is 395 g/mol. The summed E-state index contributed by atoms with van der Waals surface area (Å²) in [5, 5.41) is 17.5. The van der Waals surface area contributed by atoms with Gasteiger partial charge in [-0.2, -0.15) is 5.10 Å². The number of benzene rings is 2. The molecule has 2 aromatic carbocycles. The van der Waals surface area contributed by atoms with Gasteiger partial charge in [0, 0.05) is 11.8 Å². The van der Waals surface area contributed by atoms with Crippen LogP contribution >= 0.6 is 0 Å². The lowest BCUT2D eigenvalue weighted by atomic mass is 10.3. The quantitative estimate of drug-likeness (QED) is 0.358. The molecule has 0 saturated carbocycles. The number of nitro groups is 1. The van der Waals surface area contributed by atoms with Crippen LogP contribution in [0, 0.1) is 17.0 Å². The highest BCUT2D eigenvalue weighted by Gasteiger charge is 2.11. The Morgan fingerprint density at radius 2 is 2.03 bits per heavy atom. The Labute approximate surface area is 164 Å². The number of carbonyl (C=O) groups excluding carboxylic acids is 1. The Bertz CT molecular complexity index is 1120. The first-order chi connectivity index (χ1) is 14.0. The summed E-state index contributed by atoms with van der Waals surface area (Å²) in [6, 6.07) is 14.5. The van der Waals surface area contributed by atoms with Crippen LogP contribution in [-0.2, 0) is 4.79 Å². The summed E-state index contributed by atoms with van der Waals surface area (Å²) in [5.74, 6) is -0.394. The summed E-state index contributed by atoms with van der Waals surface area (Å²) >= 11 is 0. The number of non-ortho nitro benzene ring substituents is 1. The Morgan fingerprint density at radius 3 is 2.76 bits per heavy atom. The number of hydrogen-bond donors (Lipinski definition) is 2. The van der Waals surface area contributed by atoms with Crippen molar-refractivity contribution in [1.82, 2.24) is 15.2 Å². The van der Waals surface area contributed by atoms with E-state index in [4.69, 9.17) is 4.74 Å². The number of para-hydroxylation sites is 1. The highest BCUT2D eigenvalue weighted by atomic mass is 16.6. The average molecular weight is 395 g/mol. The standard InChI is InChI=1S/C19H17N5O5/c1-13-17(19(26)23(22-13)14-6-3-2-4-7-14)11-20-21-18(25)12-29-16-9-5-8-15(10-16)24(27)28/h2-11,22H,12H2,1H3,(H,21,25)/b20-11+. The van der Waals surface area contributed by atoms with Crippen molar-refractivity contribution in [3.8, 4) is 11.4 Å². The molecular weight excluding hydrogens is 378 g/mol. The molecule has 3 aromatic rings. The van der Waals surface area contributed by atoms with Gasteiger partial charge in [-0.05, 0) is 25.1 Å². The normalized spacial score (nSPS) is 10.8. The first-order valence-corrected chi connectivity index (χ1v) is 8.52. The van der Waals surface area contributed by atoms with E-state index in [1.807, 2.05) is 18.2 Å². The molecule has 1 amide bonds. The third-order valence-corrected chi connectivity index (χ3v) is 3.91. The molecule has 148 valence electrons. The first kappa shape index (κ1) is 19.5. The zero-order valence-corrected chi connectivity index (χ0v) is 15.4. The lowest BCUT2D eigenvalue weighted by Crippen LogP contribution is -2.25. The summed E-state index contributed by atoms with van der Waals surface area (Å²) in [5.41, 5.74) is 3.37. The van der Waals surface area contributed by atoms with E-state index in [0.29, 0.717) is 16.9 Å². The van der Waals surface area contributed by atoms with Crippen LogP contribution in [-0.4, -0.2) is 33.4 Å². The number of aromatic nitrogens is 2. The van der Waals surface area contributed by atoms with E-state index in [0.717, 1.165) is 0 Å². The second-order valence-corrected chi connectivity index (χ2v) is 5.96. The molecule has 0 atom stereocenters. The van der Waals surface area contributed by atoms with Crippen molar-refractivity contribution < 1.29 is 14.5 Å². The second kappa shape index (κ2) is 8.65. The molecule has 0 saturated heterocycles. The van der Waals surface area contributed by atoms with Crippen molar-refractivity contribution in [2.75, 3.05) is 6.61 Å². The lowest BCUT2D eigenvalue weighted by Gasteiger charge is -2.04. The molecule has 0 fully saturated rings. The molecule has 1 aromatic heterocycles. The largest absolute Gasteiger partial charge is 0.483 e. The van der Waals surface area contributed by atoms with E-state index in [1.165, 1.54) is 35.2 Å². The number of nitrogens with one attached hydrogen (secondary N) is 2. The van der Waals surface area contributed by atoms with Gasteiger partial charge in [0.05, 0.1) is 28.5 Å². The molecule has 0 unspecified atom stereocenters. The van der Waals surface area contributed by atoms with Gasteiger partial charge in [0.25, 0.3) is 17.2 Å². The van der Waals surface area contributed by atoms with Crippen LogP contribution in [0.1, 0.15) is 11.3 Å². The predicted octanol–water partition coefficient (Wildman–Crippen LogP) is 1.91. The van der Waals surface area contributed by atoms with Crippen molar-refractivity contribution in [3.63, 3.8) is 0 Å². The molecule has 0 aliphatic rings. The molecule has 0 radical (unpaired) electrons. The zero-order valence-electron chi connectivity index (χ0n) is 15.4. The van der Waals surface area contributed by atoms with Crippen molar-refractivity contribution >= 4 is 17.8 Å². The number of nitrogens with zero attached hydrogens (tertiary/aromatic N) is 3. The van der Waals surface area contributed by atoms with Crippen molar-refractivity contribution in [3.05, 3.63) is 86.3 Å². The first-order valence-electron chi connectivity index (χ1n) is 8.52. The average Bonchev–Trinajstić information content (AvgIpc) is 3.01. The highest BCUT2D eigenvalue weighted by molar-refractivity contribution is 5.83. The van der Waals surface area contributed by atoms with Gasteiger partial charge in [-0.25, -0.2) is 10.1 Å². The van der Waals surface area contributed by atoms with Gasteiger partial charge in [0.1, 0.15) is 5.75 Å². The Kier molecular flexibility index (Phi) is 5.83. The summed E-state index contributed by atoms with van der Waals surface area (Å²) in [6.45, 7) is 1.33. The van der Waals surface area contributed by atoms with Crippen LogP contribution < -0.4 is 15.7 Å². The van der Waals surface area contributed by atoms with Gasteiger partial charge in [0.2, 0.25) is 0 Å². The van der Waals surface area contributed by atoms with E-state index >= 15 is 0 Å². The fourth-order valence-corrected chi connectivity index (χ4v) is 2.51. The number of hydrogen-bond acceptors (Lipinski definition) is 6. The molecule has 0 bridgehead atoms. The summed E-state index contributed by atoms with van der Waals surface area (Å²) in [6.07, 6.45) is 1.25. The minimum Gasteiger partial charge on any atom is -0.483 e. The Balaban J connectivity index is 1.61. The second-order valence-electron chi connectivity index (χ2n) is 5.96. The molecule has 0 spiro atoms. The SMILES string of the molecule is Cc1[nH]n(-c2ccccc2)c(=O)c1/C=N/NC(=O)COc1cccc([N+](=O)[O-])c1. The maximum Gasteiger partial charge on any atom is 0.280 e. The number of ether oxygens (including phenoxy) is 1. The zero-order chi connectivity index (χ0) is 20.8. The van der Waals surface area contributed by atoms with Gasteiger partial charge in [-0.1, -0.05) is 24.3 Å². The van der Waals surface area contributed by atoms with Crippen LogP contribution in [0.3, 0.4) is 0 Å². The van der Waals surface area contributed by atoms with Crippen molar-refractivity contribution in [2.45, 2.75) is 6.92 Å². The molecule has 0 aliphatic carbocycles. The number of H-pyrrole nitrogens is 1. The Hall–Kier alpha value is -4.21. The number of carbonyl (C=O) groups is 1. The van der Waals surface area contributed by atoms with Gasteiger partial charge in [-0.15, -0.1) is 0 Å². The molecule has 1 heterocycles. The third kappa shape index (κ3) is 4.75. The van der Waals surface area contributed by atoms with E-state index in [1.54, 1.807) is 19.1 Å². The summed E-state index contributed by atoms with van der Waals surface area (Å²) in [7, 11) is 0. The van der Waals surface area contributed by atoms with E-state index in [2.05, 4.69) is 15.6 Å².